The second-order valence-corrected chi connectivity index (χ2v) is 6.80. The molecule has 0 saturated carbocycles. The van der Waals surface area contributed by atoms with Crippen LogP contribution in [0.2, 0.25) is 0 Å². The Bertz CT molecular complexity index is 304. The third kappa shape index (κ3) is 4.01. The van der Waals surface area contributed by atoms with Crippen molar-refractivity contribution < 1.29 is 13.5 Å². The zero-order valence-corrected chi connectivity index (χ0v) is 10.7. The van der Waals surface area contributed by atoms with Crippen molar-refractivity contribution in [2.75, 3.05) is 25.4 Å². The van der Waals surface area contributed by atoms with Crippen molar-refractivity contribution in [2.45, 2.75) is 38.2 Å². The van der Waals surface area contributed by atoms with Gasteiger partial charge in [-0.25, -0.2) is 12.7 Å². The smallest absolute Gasteiger partial charge is 0.214 e. The summed E-state index contributed by atoms with van der Waals surface area (Å²) in [5, 5.41) is 9.73. The molecule has 0 aromatic heterocycles. The highest BCUT2D eigenvalue weighted by molar-refractivity contribution is 7.89. The van der Waals surface area contributed by atoms with Crippen molar-refractivity contribution in [1.29, 1.82) is 0 Å². The second kappa shape index (κ2) is 5.44. The molecule has 0 spiro atoms. The van der Waals surface area contributed by atoms with Gasteiger partial charge in [-0.1, -0.05) is 0 Å². The van der Waals surface area contributed by atoms with Gasteiger partial charge in [-0.2, -0.15) is 0 Å². The number of sulfonamides is 1. The molecule has 0 aliphatic carbocycles. The molecule has 1 saturated heterocycles. The summed E-state index contributed by atoms with van der Waals surface area (Å²) >= 11 is 0. The minimum Gasteiger partial charge on any atom is -0.390 e. The van der Waals surface area contributed by atoms with Crippen LogP contribution in [0.25, 0.3) is 0 Å². The maximum Gasteiger partial charge on any atom is 0.214 e. The van der Waals surface area contributed by atoms with Crippen molar-refractivity contribution >= 4 is 10.0 Å². The molecular formula is C10H22N2O3S. The predicted octanol–water partition coefficient (Wildman–Crippen LogP) is -0.0981. The van der Waals surface area contributed by atoms with Gasteiger partial charge in [0.25, 0.3) is 0 Å². The van der Waals surface area contributed by atoms with Crippen molar-refractivity contribution in [3.8, 4) is 0 Å². The topological polar surface area (TPSA) is 83.6 Å². The van der Waals surface area contributed by atoms with Gasteiger partial charge in [0.2, 0.25) is 10.0 Å². The van der Waals surface area contributed by atoms with Gasteiger partial charge >= 0.3 is 0 Å². The van der Waals surface area contributed by atoms with Crippen molar-refractivity contribution in [2.24, 2.45) is 5.73 Å². The third-order valence-corrected chi connectivity index (χ3v) is 5.01. The summed E-state index contributed by atoms with van der Waals surface area (Å²) in [6, 6.07) is 0. The van der Waals surface area contributed by atoms with Gasteiger partial charge in [-0.15, -0.1) is 0 Å². The van der Waals surface area contributed by atoms with E-state index in [-0.39, 0.29) is 5.75 Å². The number of rotatable bonds is 5. The van der Waals surface area contributed by atoms with Gasteiger partial charge in [-0.3, -0.25) is 0 Å². The van der Waals surface area contributed by atoms with Gasteiger partial charge in [0.15, 0.2) is 0 Å². The fourth-order valence-corrected chi connectivity index (χ4v) is 3.37. The number of nitrogens with zero attached hydrogens (tertiary/aromatic N) is 1. The largest absolute Gasteiger partial charge is 0.390 e. The monoisotopic (exact) mass is 250 g/mol. The Kier molecular flexibility index (Phi) is 4.73. The fourth-order valence-electron chi connectivity index (χ4n) is 1.80. The number of unbranched alkanes of at least 4 members (excludes halogenated alkanes) is 1. The highest BCUT2D eigenvalue weighted by Gasteiger charge is 2.32. The Morgan fingerprint density at radius 3 is 2.38 bits per heavy atom. The highest BCUT2D eigenvalue weighted by Crippen LogP contribution is 2.23. The van der Waals surface area contributed by atoms with E-state index in [1.807, 2.05) is 0 Å². The number of nitrogens with two attached hydrogens (primary N) is 1. The van der Waals surface area contributed by atoms with E-state index >= 15 is 0 Å². The third-order valence-electron chi connectivity index (χ3n) is 3.05. The van der Waals surface area contributed by atoms with Crippen molar-refractivity contribution in [1.82, 2.24) is 4.31 Å². The van der Waals surface area contributed by atoms with Gasteiger partial charge in [0, 0.05) is 13.1 Å². The maximum atomic E-state index is 11.9. The summed E-state index contributed by atoms with van der Waals surface area (Å²) in [6.07, 6.45) is 2.39. The first-order valence-electron chi connectivity index (χ1n) is 5.78. The lowest BCUT2D eigenvalue weighted by Gasteiger charge is -2.34. The molecule has 1 rings (SSSR count). The molecule has 1 aliphatic heterocycles. The summed E-state index contributed by atoms with van der Waals surface area (Å²) in [6.45, 7) is 3.14. The standard InChI is InChI=1S/C10H22N2O3S/c1-10(13)4-7-12(8-5-10)16(14,15)9-3-2-6-11/h13H,2-9,11H2,1H3. The number of aliphatic hydroxyl groups is 1. The zero-order chi connectivity index (χ0) is 12.2. The maximum absolute atomic E-state index is 11.9. The van der Waals surface area contributed by atoms with Crippen LogP contribution in [0, 0.1) is 0 Å². The van der Waals surface area contributed by atoms with E-state index in [0.29, 0.717) is 38.9 Å². The van der Waals surface area contributed by atoms with Gasteiger partial charge in [0.1, 0.15) is 0 Å². The van der Waals surface area contributed by atoms with Crippen LogP contribution in [0.15, 0.2) is 0 Å². The van der Waals surface area contributed by atoms with E-state index in [2.05, 4.69) is 0 Å². The van der Waals surface area contributed by atoms with Gasteiger partial charge in [-0.05, 0) is 39.2 Å². The zero-order valence-electron chi connectivity index (χ0n) is 9.85. The van der Waals surface area contributed by atoms with Crippen LogP contribution in [-0.2, 0) is 10.0 Å². The summed E-state index contributed by atoms with van der Waals surface area (Å²) in [5.41, 5.74) is 4.63. The molecule has 96 valence electrons. The Balaban J connectivity index is 2.45. The Morgan fingerprint density at radius 1 is 1.31 bits per heavy atom. The molecular weight excluding hydrogens is 228 g/mol. The molecule has 5 nitrogen and oxygen atoms in total. The SMILES string of the molecule is CC1(O)CCN(S(=O)(=O)CCCCN)CC1. The summed E-state index contributed by atoms with van der Waals surface area (Å²) < 4.78 is 25.2. The van der Waals surface area contributed by atoms with E-state index in [9.17, 15) is 13.5 Å². The number of hydrogen-bond acceptors (Lipinski definition) is 4. The Morgan fingerprint density at radius 2 is 1.88 bits per heavy atom. The summed E-state index contributed by atoms with van der Waals surface area (Å²) in [5.74, 6) is 0.173. The quantitative estimate of drug-likeness (QED) is 0.668. The predicted molar refractivity (Wildman–Crippen MR) is 63.5 cm³/mol. The van der Waals surface area contributed by atoms with Crippen LogP contribution >= 0.6 is 0 Å². The molecule has 0 aromatic carbocycles. The van der Waals surface area contributed by atoms with Crippen LogP contribution in [0.3, 0.4) is 0 Å². The lowest BCUT2D eigenvalue weighted by molar-refractivity contribution is 0.0126. The number of hydrogen-bond donors (Lipinski definition) is 2. The van der Waals surface area contributed by atoms with Crippen molar-refractivity contribution in [3.05, 3.63) is 0 Å². The summed E-state index contributed by atoms with van der Waals surface area (Å²) in [4.78, 5) is 0. The average molecular weight is 250 g/mol. The molecule has 0 unspecified atom stereocenters. The first kappa shape index (κ1) is 13.9. The molecule has 0 atom stereocenters. The lowest BCUT2D eigenvalue weighted by atomic mass is 9.95. The average Bonchev–Trinajstić information content (AvgIpc) is 2.17. The van der Waals surface area contributed by atoms with Crippen molar-refractivity contribution in [3.63, 3.8) is 0 Å². The van der Waals surface area contributed by atoms with Crippen LogP contribution < -0.4 is 5.73 Å². The van der Waals surface area contributed by atoms with Crippen LogP contribution in [0.4, 0.5) is 0 Å². The van der Waals surface area contributed by atoms with E-state index in [0.717, 1.165) is 6.42 Å². The molecule has 0 amide bonds. The molecule has 16 heavy (non-hydrogen) atoms. The molecule has 3 N–H and O–H groups in total. The minimum absolute atomic E-state index is 0.173. The fraction of sp³-hybridized carbons (Fsp3) is 1.00. The second-order valence-electron chi connectivity index (χ2n) is 4.71. The minimum atomic E-state index is -3.14. The van der Waals surface area contributed by atoms with Crippen LogP contribution in [-0.4, -0.2) is 48.8 Å². The van der Waals surface area contributed by atoms with Crippen LogP contribution in [0.5, 0.6) is 0 Å². The first-order valence-corrected chi connectivity index (χ1v) is 7.39. The highest BCUT2D eigenvalue weighted by atomic mass is 32.2. The van der Waals surface area contributed by atoms with Gasteiger partial charge in [0.05, 0.1) is 11.4 Å². The van der Waals surface area contributed by atoms with E-state index < -0.39 is 15.6 Å². The van der Waals surface area contributed by atoms with Crippen LogP contribution in [0.1, 0.15) is 32.6 Å². The molecule has 6 heteroatoms. The molecule has 0 aromatic rings. The Hall–Kier alpha value is -0.170. The molecule has 0 radical (unpaired) electrons. The molecule has 1 fully saturated rings. The summed E-state index contributed by atoms with van der Waals surface area (Å²) in [7, 11) is -3.14. The lowest BCUT2D eigenvalue weighted by Crippen LogP contribution is -2.45. The normalized spacial score (nSPS) is 22.2. The molecule has 1 aliphatic rings. The van der Waals surface area contributed by atoms with E-state index in [1.54, 1.807) is 6.92 Å². The Labute approximate surface area is 97.7 Å². The van der Waals surface area contributed by atoms with E-state index in [1.165, 1.54) is 4.31 Å². The number of piperidine rings is 1. The first-order chi connectivity index (χ1) is 7.37. The molecule has 1 heterocycles. The molecule has 0 bridgehead atoms. The van der Waals surface area contributed by atoms with Gasteiger partial charge < -0.3 is 10.8 Å². The van der Waals surface area contributed by atoms with E-state index in [4.69, 9.17) is 5.73 Å².